The van der Waals surface area contributed by atoms with Crippen LogP contribution in [0.25, 0.3) is 22.3 Å². The first kappa shape index (κ1) is 33.7. The van der Waals surface area contributed by atoms with Crippen LogP contribution in [0.15, 0.2) is 127 Å². The molecule has 0 unspecified atom stereocenters. The summed E-state index contributed by atoms with van der Waals surface area (Å²) in [6.07, 6.45) is 7.75. The normalized spacial score (nSPS) is 11.6. The van der Waals surface area contributed by atoms with Crippen LogP contribution in [0.2, 0.25) is 0 Å². The van der Waals surface area contributed by atoms with Gasteiger partial charge in [-0.3, -0.25) is 9.59 Å². The number of nitrogens with one attached hydrogen (secondary N) is 3. The van der Waals surface area contributed by atoms with Crippen LogP contribution in [0.5, 0.6) is 0 Å². The summed E-state index contributed by atoms with van der Waals surface area (Å²) in [6, 6.07) is 25.7. The third kappa shape index (κ3) is 7.75. The third-order valence-corrected chi connectivity index (χ3v) is 9.35. The quantitative estimate of drug-likeness (QED) is 0.138. The van der Waals surface area contributed by atoms with E-state index in [1.54, 1.807) is 79.0 Å². The number of pyridine rings is 1. The minimum absolute atomic E-state index is 0.175. The first-order valence-corrected chi connectivity index (χ1v) is 17.0. The molecule has 3 aromatic carbocycles. The highest BCUT2D eigenvalue weighted by atomic mass is 32.2. The Labute approximate surface area is 289 Å². The molecule has 0 radical (unpaired) electrons. The van der Waals surface area contributed by atoms with Crippen molar-refractivity contribution in [2.75, 3.05) is 36.6 Å². The third-order valence-electron chi connectivity index (χ3n) is 7.67. The zero-order chi connectivity index (χ0) is 35.3. The highest BCUT2D eigenvalue weighted by Gasteiger charge is 2.20. The summed E-state index contributed by atoms with van der Waals surface area (Å²) in [5.41, 5.74) is 4.81. The lowest BCUT2D eigenvalue weighted by molar-refractivity contribution is -0.111. The molecule has 0 saturated carbocycles. The number of anilines is 4. The van der Waals surface area contributed by atoms with E-state index < -0.39 is 10.0 Å². The Morgan fingerprint density at radius 1 is 0.860 bits per heavy atom. The molecular weight excluding hydrogens is 653 g/mol. The fourth-order valence-corrected chi connectivity index (χ4v) is 6.39. The summed E-state index contributed by atoms with van der Waals surface area (Å²) in [5.74, 6) is -0.0367. The summed E-state index contributed by atoms with van der Waals surface area (Å²) in [7, 11) is 0.0285. The fraction of sp³-hybridized carbons (Fsp3) is 0.108. The molecule has 13 heteroatoms. The molecule has 0 aliphatic carbocycles. The van der Waals surface area contributed by atoms with Gasteiger partial charge in [0.05, 0.1) is 10.6 Å². The molecule has 252 valence electrons. The number of carbonyl (C=O) groups is 2. The van der Waals surface area contributed by atoms with Gasteiger partial charge in [0.25, 0.3) is 15.9 Å². The predicted molar refractivity (Wildman–Crippen MR) is 195 cm³/mol. The molecule has 3 N–H and O–H groups in total. The van der Waals surface area contributed by atoms with E-state index in [-0.39, 0.29) is 16.7 Å². The zero-order valence-corrected chi connectivity index (χ0v) is 28.3. The first-order chi connectivity index (χ1) is 24.1. The van der Waals surface area contributed by atoms with E-state index in [1.807, 2.05) is 50.2 Å². The van der Waals surface area contributed by atoms with Crippen molar-refractivity contribution in [2.24, 2.45) is 0 Å². The predicted octanol–water partition coefficient (Wildman–Crippen LogP) is 6.09. The van der Waals surface area contributed by atoms with E-state index in [1.165, 1.54) is 22.6 Å². The van der Waals surface area contributed by atoms with Crippen LogP contribution in [-0.4, -0.2) is 64.7 Å². The lowest BCUT2D eigenvalue weighted by atomic mass is 10.1. The molecule has 0 saturated heterocycles. The molecule has 3 heterocycles. The average molecular weight is 687 g/mol. The molecule has 0 aliphatic rings. The van der Waals surface area contributed by atoms with Crippen LogP contribution in [0.1, 0.15) is 15.9 Å². The Morgan fingerprint density at radius 2 is 1.62 bits per heavy atom. The van der Waals surface area contributed by atoms with Crippen LogP contribution in [0.4, 0.5) is 22.9 Å². The van der Waals surface area contributed by atoms with Crippen LogP contribution in [0, 0.1) is 6.92 Å². The summed E-state index contributed by atoms with van der Waals surface area (Å²) in [5, 5.41) is 9.65. The van der Waals surface area contributed by atoms with E-state index in [2.05, 4.69) is 30.9 Å². The molecule has 6 rings (SSSR count). The minimum Gasteiger partial charge on any atom is -0.340 e. The van der Waals surface area contributed by atoms with Gasteiger partial charge in [0, 0.05) is 64.7 Å². The van der Waals surface area contributed by atoms with E-state index in [0.717, 1.165) is 11.3 Å². The number of benzene rings is 3. The van der Waals surface area contributed by atoms with Gasteiger partial charge in [-0.25, -0.2) is 27.3 Å². The van der Waals surface area contributed by atoms with Crippen molar-refractivity contribution in [3.63, 3.8) is 0 Å². The van der Waals surface area contributed by atoms with E-state index >= 15 is 0 Å². The second kappa shape index (κ2) is 14.5. The fourth-order valence-electron chi connectivity index (χ4n) is 5.06. The van der Waals surface area contributed by atoms with Crippen LogP contribution in [-0.2, 0) is 14.8 Å². The Morgan fingerprint density at radius 3 is 2.38 bits per heavy atom. The molecule has 6 aromatic rings. The Hall–Kier alpha value is -6.18. The van der Waals surface area contributed by atoms with Crippen molar-refractivity contribution in [1.82, 2.24) is 23.8 Å². The van der Waals surface area contributed by atoms with Gasteiger partial charge in [-0.15, -0.1) is 0 Å². The van der Waals surface area contributed by atoms with Gasteiger partial charge in [-0.1, -0.05) is 30.3 Å². The Kier molecular flexibility index (Phi) is 9.79. The summed E-state index contributed by atoms with van der Waals surface area (Å²) in [6.45, 7) is 2.59. The maximum absolute atomic E-state index is 13.2. The molecule has 50 heavy (non-hydrogen) atoms. The van der Waals surface area contributed by atoms with Gasteiger partial charge in [0.1, 0.15) is 12.1 Å². The molecule has 0 bridgehead atoms. The number of hydrogen-bond donors (Lipinski definition) is 3. The lowest BCUT2D eigenvalue weighted by Crippen LogP contribution is -2.14. The van der Waals surface area contributed by atoms with Crippen molar-refractivity contribution < 1.29 is 18.0 Å². The number of aromatic nitrogens is 4. The highest BCUT2D eigenvalue weighted by molar-refractivity contribution is 7.90. The maximum atomic E-state index is 13.2. The molecule has 2 amide bonds. The molecule has 12 nitrogen and oxygen atoms in total. The van der Waals surface area contributed by atoms with E-state index in [0.29, 0.717) is 51.6 Å². The molecule has 0 atom stereocenters. The van der Waals surface area contributed by atoms with E-state index in [9.17, 15) is 18.0 Å². The van der Waals surface area contributed by atoms with E-state index in [4.69, 9.17) is 0 Å². The number of aryl methyl sites for hydroxylation is 1. The topological polar surface area (TPSA) is 151 Å². The lowest BCUT2D eigenvalue weighted by Gasteiger charge is -2.13. The molecule has 0 aliphatic heterocycles. The molecule has 0 fully saturated rings. The number of hydrogen-bond acceptors (Lipinski definition) is 9. The maximum Gasteiger partial charge on any atom is 0.269 e. The van der Waals surface area contributed by atoms with Gasteiger partial charge < -0.3 is 20.9 Å². The number of rotatable bonds is 11. The van der Waals surface area contributed by atoms with Crippen molar-refractivity contribution in [2.45, 2.75) is 11.8 Å². The van der Waals surface area contributed by atoms with Gasteiger partial charge in [0.15, 0.2) is 5.65 Å². The minimum atomic E-state index is -3.81. The average Bonchev–Trinajstić information content (AvgIpc) is 3.55. The number of carbonyl (C=O) groups excluding carboxylic acids is 2. The van der Waals surface area contributed by atoms with Crippen molar-refractivity contribution in [3.8, 4) is 11.3 Å². The molecular formula is C37H34N8O4S. The van der Waals surface area contributed by atoms with Gasteiger partial charge in [-0.2, -0.15) is 0 Å². The van der Waals surface area contributed by atoms with Gasteiger partial charge in [0.2, 0.25) is 5.91 Å². The van der Waals surface area contributed by atoms with Crippen LogP contribution in [0.3, 0.4) is 0 Å². The summed E-state index contributed by atoms with van der Waals surface area (Å²) < 4.78 is 27.6. The second-order valence-corrected chi connectivity index (χ2v) is 13.5. The Balaban J connectivity index is 1.14. The van der Waals surface area contributed by atoms with Gasteiger partial charge in [-0.05, 0) is 87.2 Å². The zero-order valence-electron chi connectivity index (χ0n) is 27.5. The number of nitrogens with zero attached hydrogens (tertiary/aromatic N) is 5. The highest BCUT2D eigenvalue weighted by Crippen LogP contribution is 2.28. The van der Waals surface area contributed by atoms with Crippen molar-refractivity contribution in [3.05, 3.63) is 133 Å². The molecule has 0 spiro atoms. The number of fused-ring (bicyclic) bond motifs is 1. The Bertz CT molecular complexity index is 2320. The van der Waals surface area contributed by atoms with Gasteiger partial charge >= 0.3 is 0 Å². The largest absolute Gasteiger partial charge is 0.340 e. The summed E-state index contributed by atoms with van der Waals surface area (Å²) >= 11 is 0. The smallest absolute Gasteiger partial charge is 0.269 e. The molecule has 3 aromatic heterocycles. The second-order valence-electron chi connectivity index (χ2n) is 11.7. The standard InChI is InChI=1S/C37H34N8O4S/c1-25-11-14-30(42-37(47)26-12-15-29(16-13-26)41-35(46)10-7-18-44(2)3)21-32(25)43-34-22-33(39-24-40-34)28-20-27-17-19-45(36(27)38-23-28)50(48,49)31-8-5-4-6-9-31/h4-17,19-24H,18H2,1-3H3,(H,41,46)(H,42,47)(H,39,40,43)/b10-7+. The number of amides is 2. The monoisotopic (exact) mass is 686 g/mol. The van der Waals surface area contributed by atoms with Crippen LogP contribution >= 0.6 is 0 Å². The summed E-state index contributed by atoms with van der Waals surface area (Å²) in [4.78, 5) is 40.5. The van der Waals surface area contributed by atoms with Crippen LogP contribution < -0.4 is 16.0 Å². The first-order valence-electron chi connectivity index (χ1n) is 15.6. The van der Waals surface area contributed by atoms with Crippen molar-refractivity contribution in [1.29, 1.82) is 0 Å². The van der Waals surface area contributed by atoms with Crippen molar-refractivity contribution >= 4 is 55.8 Å². The number of likely N-dealkylation sites (N-methyl/N-ethyl adjacent to an activating group) is 1. The SMILES string of the molecule is Cc1ccc(NC(=O)c2ccc(NC(=O)/C=C/CN(C)C)cc2)cc1Nc1cc(-c2cnc3c(ccn3S(=O)(=O)c3ccccc3)c2)ncn1.